The Morgan fingerprint density at radius 3 is 2.89 bits per heavy atom. The van der Waals surface area contributed by atoms with E-state index in [9.17, 15) is 0 Å². The highest BCUT2D eigenvalue weighted by atomic mass is 35.5. The first-order valence-electron chi connectivity index (χ1n) is 9.33. The monoisotopic (exact) mass is 384 g/mol. The molecule has 6 nitrogen and oxygen atoms in total. The number of rotatable bonds is 4. The molecule has 0 unspecified atom stereocenters. The molecule has 7 heteroatoms. The number of nitrogens with zero attached hydrogens (tertiary/aromatic N) is 6. The van der Waals surface area contributed by atoms with Gasteiger partial charge in [0.25, 0.3) is 0 Å². The third-order valence-corrected chi connectivity index (χ3v) is 5.76. The Morgan fingerprint density at radius 1 is 1.26 bits per heavy atom. The summed E-state index contributed by atoms with van der Waals surface area (Å²) in [5.41, 5.74) is 2.17. The topological polar surface area (TPSA) is 50.1 Å². The maximum atomic E-state index is 6.12. The van der Waals surface area contributed by atoms with Gasteiger partial charge in [-0.05, 0) is 50.6 Å². The van der Waals surface area contributed by atoms with Crippen LogP contribution in [0, 0.1) is 5.92 Å². The second-order valence-corrected chi connectivity index (χ2v) is 7.95. The van der Waals surface area contributed by atoms with Crippen LogP contribution in [0.5, 0.6) is 0 Å². The van der Waals surface area contributed by atoms with Crippen LogP contribution in [0.3, 0.4) is 0 Å². The molecule has 2 atom stereocenters. The van der Waals surface area contributed by atoms with E-state index in [1.165, 1.54) is 18.4 Å². The van der Waals surface area contributed by atoms with Crippen molar-refractivity contribution in [2.75, 3.05) is 32.1 Å². The maximum absolute atomic E-state index is 6.12. The summed E-state index contributed by atoms with van der Waals surface area (Å²) in [5.74, 6) is 1.46. The van der Waals surface area contributed by atoms with Crippen LogP contribution >= 0.6 is 11.6 Å². The summed E-state index contributed by atoms with van der Waals surface area (Å²) in [5, 5.41) is 6.12. The fraction of sp³-hybridized carbons (Fsp3) is 0.450. The van der Waals surface area contributed by atoms with E-state index in [0.717, 1.165) is 29.8 Å². The molecule has 0 spiro atoms. The summed E-state index contributed by atoms with van der Waals surface area (Å²) in [6.07, 6.45) is 8.17. The van der Waals surface area contributed by atoms with Gasteiger partial charge in [0, 0.05) is 48.9 Å². The van der Waals surface area contributed by atoms with Gasteiger partial charge in [-0.1, -0.05) is 11.6 Å². The van der Waals surface area contributed by atoms with Gasteiger partial charge in [0.2, 0.25) is 0 Å². The van der Waals surface area contributed by atoms with Crippen molar-refractivity contribution in [2.24, 2.45) is 13.0 Å². The van der Waals surface area contributed by atoms with Gasteiger partial charge < -0.3 is 4.90 Å². The number of aryl methyl sites for hydroxylation is 1. The first-order valence-corrected chi connectivity index (χ1v) is 9.71. The highest BCUT2D eigenvalue weighted by molar-refractivity contribution is 6.31. The van der Waals surface area contributed by atoms with Gasteiger partial charge in [0.1, 0.15) is 12.1 Å². The largest absolute Gasteiger partial charge is 0.359 e. The first kappa shape index (κ1) is 18.2. The van der Waals surface area contributed by atoms with E-state index in [4.69, 9.17) is 11.6 Å². The Morgan fingerprint density at radius 2 is 2.11 bits per heavy atom. The lowest BCUT2D eigenvalue weighted by Crippen LogP contribution is -2.41. The number of hydrogen-bond donors (Lipinski definition) is 0. The highest BCUT2D eigenvalue weighted by Gasteiger charge is 2.32. The molecule has 3 aromatic rings. The van der Waals surface area contributed by atoms with Crippen LogP contribution < -0.4 is 4.90 Å². The molecule has 3 heterocycles. The summed E-state index contributed by atoms with van der Waals surface area (Å²) in [6.45, 7) is 2.05. The zero-order chi connectivity index (χ0) is 19.0. The molecule has 142 valence electrons. The van der Waals surface area contributed by atoms with Crippen LogP contribution in [0.4, 0.5) is 5.82 Å². The van der Waals surface area contributed by atoms with Gasteiger partial charge in [-0.2, -0.15) is 5.10 Å². The van der Waals surface area contributed by atoms with Gasteiger partial charge in [-0.15, -0.1) is 0 Å². The molecule has 1 saturated heterocycles. The molecule has 27 heavy (non-hydrogen) atoms. The molecule has 1 aromatic carbocycles. The predicted octanol–water partition coefficient (Wildman–Crippen LogP) is 3.54. The van der Waals surface area contributed by atoms with Crippen molar-refractivity contribution in [3.63, 3.8) is 0 Å². The molecule has 0 bridgehead atoms. The van der Waals surface area contributed by atoms with Crippen molar-refractivity contribution < 1.29 is 0 Å². The number of benzene rings is 1. The predicted molar refractivity (Wildman–Crippen MR) is 109 cm³/mol. The molecular formula is C20H25ClN6. The minimum Gasteiger partial charge on any atom is -0.359 e. The fourth-order valence-electron chi connectivity index (χ4n) is 4.33. The van der Waals surface area contributed by atoms with Crippen LogP contribution in [-0.4, -0.2) is 51.8 Å². The minimum atomic E-state index is 0.373. The second-order valence-electron chi connectivity index (χ2n) is 7.51. The lowest BCUT2D eigenvalue weighted by molar-refractivity contribution is 0.124. The van der Waals surface area contributed by atoms with Crippen molar-refractivity contribution in [3.8, 4) is 0 Å². The number of likely N-dealkylation sites (tertiary alicyclic amines) is 1. The van der Waals surface area contributed by atoms with Crippen molar-refractivity contribution in [3.05, 3.63) is 47.5 Å². The number of halogens is 1. The molecule has 1 aliphatic rings. The highest BCUT2D eigenvalue weighted by Crippen LogP contribution is 2.36. The molecule has 1 aliphatic heterocycles. The smallest absolute Gasteiger partial charge is 0.139 e. The number of anilines is 1. The van der Waals surface area contributed by atoms with Gasteiger partial charge in [-0.25, -0.2) is 9.97 Å². The van der Waals surface area contributed by atoms with E-state index in [2.05, 4.69) is 45.2 Å². The minimum absolute atomic E-state index is 0.373. The number of piperidine rings is 1. The van der Waals surface area contributed by atoms with Crippen LogP contribution in [0.15, 0.2) is 36.9 Å². The Hall–Kier alpha value is -2.18. The van der Waals surface area contributed by atoms with Gasteiger partial charge >= 0.3 is 0 Å². The lowest BCUT2D eigenvalue weighted by Gasteiger charge is -2.40. The van der Waals surface area contributed by atoms with E-state index in [-0.39, 0.29) is 0 Å². The summed E-state index contributed by atoms with van der Waals surface area (Å²) in [4.78, 5) is 13.6. The summed E-state index contributed by atoms with van der Waals surface area (Å²) in [7, 11) is 6.31. The molecule has 0 aliphatic carbocycles. The van der Waals surface area contributed by atoms with E-state index < -0.39 is 0 Å². The third kappa shape index (κ3) is 3.64. The Labute approximate surface area is 164 Å². The van der Waals surface area contributed by atoms with Crippen molar-refractivity contribution in [2.45, 2.75) is 18.9 Å². The van der Waals surface area contributed by atoms with Gasteiger partial charge in [0.15, 0.2) is 0 Å². The van der Waals surface area contributed by atoms with Crippen molar-refractivity contribution in [1.29, 1.82) is 0 Å². The standard InChI is InChI=1S/C20H25ClN6/c1-25-8-4-5-14(19(25)15-10-24-27(3)12-15)11-26(2)20-17-7-6-16(21)9-18(17)22-13-23-20/h6-7,9-10,12-14,19H,4-5,8,11H2,1-3H3/t14-,19+/m0/s1. The zero-order valence-electron chi connectivity index (χ0n) is 16.0. The summed E-state index contributed by atoms with van der Waals surface area (Å²) in [6, 6.07) is 6.17. The van der Waals surface area contributed by atoms with Crippen molar-refractivity contribution >= 4 is 28.3 Å². The Bertz CT molecular complexity index is 939. The third-order valence-electron chi connectivity index (χ3n) is 5.52. The van der Waals surface area contributed by atoms with Crippen LogP contribution in [0.2, 0.25) is 5.02 Å². The zero-order valence-corrected chi connectivity index (χ0v) is 16.8. The molecule has 0 saturated carbocycles. The van der Waals surface area contributed by atoms with Gasteiger partial charge in [-0.3, -0.25) is 9.58 Å². The molecular weight excluding hydrogens is 360 g/mol. The fourth-order valence-corrected chi connectivity index (χ4v) is 4.50. The van der Waals surface area contributed by atoms with E-state index in [1.54, 1.807) is 6.33 Å². The number of aromatic nitrogens is 4. The van der Waals surface area contributed by atoms with E-state index in [1.807, 2.05) is 36.1 Å². The van der Waals surface area contributed by atoms with Crippen molar-refractivity contribution in [1.82, 2.24) is 24.6 Å². The molecule has 2 aromatic heterocycles. The summed E-state index contributed by atoms with van der Waals surface area (Å²) < 4.78 is 1.89. The average molecular weight is 385 g/mol. The normalized spacial score (nSPS) is 20.9. The first-order chi connectivity index (χ1) is 13.0. The molecule has 0 radical (unpaired) electrons. The number of hydrogen-bond acceptors (Lipinski definition) is 5. The Balaban J connectivity index is 1.62. The molecule has 0 amide bonds. The average Bonchev–Trinajstić information content (AvgIpc) is 3.06. The maximum Gasteiger partial charge on any atom is 0.139 e. The van der Waals surface area contributed by atoms with Gasteiger partial charge in [0.05, 0.1) is 11.7 Å². The Kier molecular flexibility index (Phi) is 5.02. The molecule has 4 rings (SSSR count). The second kappa shape index (κ2) is 7.44. The lowest BCUT2D eigenvalue weighted by atomic mass is 9.85. The SMILES string of the molecule is CN(C[C@@H]1CCCN(C)[C@H]1c1cnn(C)c1)c1ncnc2cc(Cl)ccc12. The summed E-state index contributed by atoms with van der Waals surface area (Å²) >= 11 is 6.12. The van der Waals surface area contributed by atoms with E-state index >= 15 is 0 Å². The van der Waals surface area contributed by atoms with E-state index in [0.29, 0.717) is 17.0 Å². The quantitative estimate of drug-likeness (QED) is 0.688. The van der Waals surface area contributed by atoms with Crippen LogP contribution in [0.1, 0.15) is 24.4 Å². The molecule has 0 N–H and O–H groups in total. The number of fused-ring (bicyclic) bond motifs is 1. The van der Waals surface area contributed by atoms with Crippen LogP contribution in [-0.2, 0) is 7.05 Å². The molecule has 1 fully saturated rings. The van der Waals surface area contributed by atoms with Crippen LogP contribution in [0.25, 0.3) is 10.9 Å².